The van der Waals surface area contributed by atoms with Crippen molar-refractivity contribution in [3.63, 3.8) is 0 Å². The molecule has 0 aliphatic heterocycles. The lowest BCUT2D eigenvalue weighted by molar-refractivity contribution is -0.118. The van der Waals surface area contributed by atoms with Crippen LogP contribution in [-0.2, 0) is 4.79 Å². The van der Waals surface area contributed by atoms with Gasteiger partial charge in [-0.3, -0.25) is 19.0 Å². The normalized spacial score (nSPS) is 11.8. The minimum atomic E-state index is -0.837. The summed E-state index contributed by atoms with van der Waals surface area (Å²) in [5.74, 6) is -0.719. The molecule has 7 nitrogen and oxygen atoms in total. The largest absolute Gasteiger partial charge is 0.323 e. The van der Waals surface area contributed by atoms with E-state index in [1.165, 1.54) is 10.9 Å². The van der Waals surface area contributed by atoms with Crippen molar-refractivity contribution in [3.8, 4) is 0 Å². The molecule has 2 aromatic heterocycles. The molecular formula is C23H19ClN4O3S. The first-order valence-electron chi connectivity index (χ1n) is 9.79. The van der Waals surface area contributed by atoms with Crippen LogP contribution >= 0.6 is 22.9 Å². The minimum Gasteiger partial charge on any atom is -0.323 e. The van der Waals surface area contributed by atoms with Crippen LogP contribution in [0.3, 0.4) is 0 Å². The van der Waals surface area contributed by atoms with Gasteiger partial charge in [-0.15, -0.1) is 11.3 Å². The molecule has 162 valence electrons. The Morgan fingerprint density at radius 1 is 1.06 bits per heavy atom. The van der Waals surface area contributed by atoms with Gasteiger partial charge in [-0.25, -0.2) is 4.98 Å². The van der Waals surface area contributed by atoms with Gasteiger partial charge in [0.1, 0.15) is 10.9 Å². The van der Waals surface area contributed by atoms with Crippen molar-refractivity contribution in [1.29, 1.82) is 0 Å². The minimum absolute atomic E-state index is 0.313. The number of halogens is 1. The van der Waals surface area contributed by atoms with Crippen LogP contribution in [0.4, 0.5) is 11.4 Å². The molecule has 4 aromatic rings. The van der Waals surface area contributed by atoms with Crippen molar-refractivity contribution in [1.82, 2.24) is 9.55 Å². The Hall–Kier alpha value is -3.49. The van der Waals surface area contributed by atoms with Crippen LogP contribution < -0.4 is 16.2 Å². The second-order valence-electron chi connectivity index (χ2n) is 7.16. The van der Waals surface area contributed by atoms with E-state index >= 15 is 0 Å². The summed E-state index contributed by atoms with van der Waals surface area (Å²) in [6.45, 7) is 3.31. The number of hydrogen-bond donors (Lipinski definition) is 2. The lowest BCUT2D eigenvalue weighted by atomic mass is 10.2. The summed E-state index contributed by atoms with van der Waals surface area (Å²) in [6, 6.07) is 15.1. The molecule has 0 saturated carbocycles. The average molecular weight is 467 g/mol. The van der Waals surface area contributed by atoms with Crippen LogP contribution in [0.2, 0.25) is 5.02 Å². The topological polar surface area (TPSA) is 93.1 Å². The number of rotatable bonds is 5. The van der Waals surface area contributed by atoms with E-state index in [-0.39, 0.29) is 11.5 Å². The first-order chi connectivity index (χ1) is 15.4. The van der Waals surface area contributed by atoms with E-state index in [2.05, 4.69) is 15.6 Å². The van der Waals surface area contributed by atoms with Gasteiger partial charge in [-0.05, 0) is 43.7 Å². The van der Waals surface area contributed by atoms with Crippen molar-refractivity contribution >= 4 is 56.3 Å². The van der Waals surface area contributed by atoms with E-state index in [0.717, 1.165) is 11.3 Å². The van der Waals surface area contributed by atoms with Gasteiger partial charge >= 0.3 is 0 Å². The predicted molar refractivity (Wildman–Crippen MR) is 128 cm³/mol. The Bertz CT molecular complexity index is 1380. The van der Waals surface area contributed by atoms with Crippen molar-refractivity contribution in [3.05, 3.63) is 86.7 Å². The molecule has 2 amide bonds. The van der Waals surface area contributed by atoms with Gasteiger partial charge in [0.15, 0.2) is 0 Å². The van der Waals surface area contributed by atoms with E-state index < -0.39 is 11.9 Å². The van der Waals surface area contributed by atoms with Gasteiger partial charge in [-0.2, -0.15) is 0 Å². The summed E-state index contributed by atoms with van der Waals surface area (Å²) in [4.78, 5) is 43.9. The van der Waals surface area contributed by atoms with Crippen LogP contribution in [0.25, 0.3) is 10.2 Å². The highest BCUT2D eigenvalue weighted by Crippen LogP contribution is 2.28. The lowest BCUT2D eigenvalue weighted by Gasteiger charge is -2.15. The molecular weight excluding hydrogens is 448 g/mol. The molecule has 0 aliphatic rings. The van der Waals surface area contributed by atoms with Crippen LogP contribution in [0.5, 0.6) is 0 Å². The van der Waals surface area contributed by atoms with Crippen LogP contribution in [0.15, 0.2) is 65.7 Å². The zero-order chi connectivity index (χ0) is 22.8. The maximum Gasteiger partial charge on any atom is 0.266 e. The van der Waals surface area contributed by atoms with Gasteiger partial charge in [0, 0.05) is 5.69 Å². The van der Waals surface area contributed by atoms with Crippen molar-refractivity contribution in [2.75, 3.05) is 10.6 Å². The van der Waals surface area contributed by atoms with Gasteiger partial charge in [0.2, 0.25) is 5.91 Å². The maximum atomic E-state index is 13.2. The Labute approximate surface area is 192 Å². The molecule has 0 radical (unpaired) electrons. The molecule has 2 N–H and O–H groups in total. The molecule has 32 heavy (non-hydrogen) atoms. The summed E-state index contributed by atoms with van der Waals surface area (Å²) in [5, 5.41) is 6.28. The second-order valence-corrected chi connectivity index (χ2v) is 8.56. The maximum absolute atomic E-state index is 13.2. The van der Waals surface area contributed by atoms with Crippen molar-refractivity contribution in [2.24, 2.45) is 0 Å². The molecule has 2 heterocycles. The van der Waals surface area contributed by atoms with E-state index in [4.69, 9.17) is 11.6 Å². The summed E-state index contributed by atoms with van der Waals surface area (Å²) >= 11 is 7.25. The van der Waals surface area contributed by atoms with Gasteiger partial charge in [0.05, 0.1) is 27.3 Å². The number of para-hydroxylation sites is 2. The average Bonchev–Trinajstić information content (AvgIpc) is 3.13. The lowest BCUT2D eigenvalue weighted by Crippen LogP contribution is -2.31. The first kappa shape index (κ1) is 21.7. The van der Waals surface area contributed by atoms with E-state index in [0.29, 0.717) is 37.1 Å². The summed E-state index contributed by atoms with van der Waals surface area (Å²) in [5.41, 5.74) is 1.26. The SMILES string of the molecule is Cc1c(C(=O)Nc2ccccc2)sc2ncn(C(C)C(=O)Nc3ccccc3Cl)c(=O)c12. The van der Waals surface area contributed by atoms with E-state index in [1.807, 2.05) is 18.2 Å². The molecule has 2 aromatic carbocycles. The Balaban J connectivity index is 1.64. The molecule has 0 spiro atoms. The Morgan fingerprint density at radius 2 is 1.75 bits per heavy atom. The highest BCUT2D eigenvalue weighted by Gasteiger charge is 2.23. The molecule has 0 aliphatic carbocycles. The van der Waals surface area contributed by atoms with Gasteiger partial charge in [0.25, 0.3) is 11.5 Å². The molecule has 0 bridgehead atoms. The summed E-state index contributed by atoms with van der Waals surface area (Å²) < 4.78 is 1.26. The van der Waals surface area contributed by atoms with E-state index in [1.54, 1.807) is 50.2 Å². The number of benzene rings is 2. The second kappa shape index (κ2) is 8.94. The van der Waals surface area contributed by atoms with Crippen LogP contribution in [0, 0.1) is 6.92 Å². The Kier molecular flexibility index (Phi) is 6.07. The third-order valence-electron chi connectivity index (χ3n) is 5.04. The summed E-state index contributed by atoms with van der Waals surface area (Å²) in [6.07, 6.45) is 1.33. The molecule has 4 rings (SSSR count). The fraction of sp³-hybridized carbons (Fsp3) is 0.130. The van der Waals surface area contributed by atoms with Gasteiger partial charge < -0.3 is 10.6 Å². The zero-order valence-corrected chi connectivity index (χ0v) is 18.8. The number of aromatic nitrogens is 2. The fourth-order valence-corrected chi connectivity index (χ4v) is 4.48. The number of thiophene rings is 1. The third kappa shape index (κ3) is 4.15. The highest BCUT2D eigenvalue weighted by molar-refractivity contribution is 7.20. The Morgan fingerprint density at radius 3 is 2.47 bits per heavy atom. The molecule has 0 fully saturated rings. The quantitative estimate of drug-likeness (QED) is 0.438. The van der Waals surface area contributed by atoms with Crippen molar-refractivity contribution in [2.45, 2.75) is 19.9 Å². The van der Waals surface area contributed by atoms with Crippen LogP contribution in [0.1, 0.15) is 28.2 Å². The number of hydrogen-bond acceptors (Lipinski definition) is 5. The fourth-order valence-electron chi connectivity index (χ4n) is 3.27. The number of aryl methyl sites for hydroxylation is 1. The number of anilines is 2. The van der Waals surface area contributed by atoms with Gasteiger partial charge in [-0.1, -0.05) is 41.9 Å². The number of fused-ring (bicyclic) bond motifs is 1. The van der Waals surface area contributed by atoms with Crippen LogP contribution in [-0.4, -0.2) is 21.4 Å². The number of carbonyl (C=O) groups is 2. The van der Waals surface area contributed by atoms with E-state index in [9.17, 15) is 14.4 Å². The van der Waals surface area contributed by atoms with Crippen molar-refractivity contribution < 1.29 is 9.59 Å². The summed E-state index contributed by atoms with van der Waals surface area (Å²) in [7, 11) is 0. The predicted octanol–water partition coefficient (Wildman–Crippen LogP) is 4.87. The smallest absolute Gasteiger partial charge is 0.266 e. The monoisotopic (exact) mass is 466 g/mol. The number of amides is 2. The molecule has 0 saturated heterocycles. The standard InChI is InChI=1S/C23H19ClN4O3S/c1-13-18-22(32-19(13)21(30)26-15-8-4-3-5-9-15)25-12-28(23(18)31)14(2)20(29)27-17-11-7-6-10-16(17)24/h3-12,14H,1-2H3,(H,26,30)(H,27,29). The third-order valence-corrected chi connectivity index (χ3v) is 6.57. The molecule has 1 unspecified atom stereocenters. The number of nitrogens with zero attached hydrogens (tertiary/aromatic N) is 2. The zero-order valence-electron chi connectivity index (χ0n) is 17.3. The number of carbonyl (C=O) groups excluding carboxylic acids is 2. The molecule has 1 atom stereocenters. The highest BCUT2D eigenvalue weighted by atomic mass is 35.5. The molecule has 9 heteroatoms. The first-order valence-corrected chi connectivity index (χ1v) is 11.0. The number of nitrogens with one attached hydrogen (secondary N) is 2.